The van der Waals surface area contributed by atoms with Crippen molar-refractivity contribution in [3.8, 4) is 5.75 Å². The normalized spacial score (nSPS) is 14.5. The summed E-state index contributed by atoms with van der Waals surface area (Å²) in [4.78, 5) is 0. The maximum Gasteiger partial charge on any atom is 0.253 e. The lowest BCUT2D eigenvalue weighted by atomic mass is 10.1. The predicted octanol–water partition coefficient (Wildman–Crippen LogP) is 2.52. The summed E-state index contributed by atoms with van der Waals surface area (Å²) in [5.74, 6) is 1.94. The van der Waals surface area contributed by atoms with Crippen LogP contribution in [0, 0.1) is 13.8 Å². The van der Waals surface area contributed by atoms with Crippen molar-refractivity contribution in [1.29, 1.82) is 0 Å². The molecule has 5 nitrogen and oxygen atoms in total. The van der Waals surface area contributed by atoms with Crippen molar-refractivity contribution < 1.29 is 9.15 Å². The Morgan fingerprint density at radius 2 is 2.15 bits per heavy atom. The van der Waals surface area contributed by atoms with Gasteiger partial charge in [0.1, 0.15) is 5.75 Å². The van der Waals surface area contributed by atoms with Crippen LogP contribution < -0.4 is 10.1 Å². The van der Waals surface area contributed by atoms with Gasteiger partial charge in [-0.3, -0.25) is 0 Å². The molecular weight excluding hydrogens is 254 g/mol. The fraction of sp³-hybridized carbons (Fsp3) is 0.467. The first-order chi connectivity index (χ1) is 9.70. The Labute approximate surface area is 118 Å². The second-order valence-electron chi connectivity index (χ2n) is 5.27. The fourth-order valence-corrected chi connectivity index (χ4v) is 2.06. The van der Waals surface area contributed by atoms with Crippen molar-refractivity contribution in [2.45, 2.75) is 45.9 Å². The van der Waals surface area contributed by atoms with Gasteiger partial charge in [-0.05, 0) is 25.8 Å². The Morgan fingerprint density at radius 1 is 1.30 bits per heavy atom. The molecule has 2 aromatic rings. The van der Waals surface area contributed by atoms with Gasteiger partial charge in [-0.2, -0.15) is 0 Å². The number of nitrogens with zero attached hydrogens (tertiary/aromatic N) is 2. The highest BCUT2D eigenvalue weighted by Gasteiger charge is 2.20. The number of hydrogen-bond donors (Lipinski definition) is 1. The van der Waals surface area contributed by atoms with Gasteiger partial charge in [-0.25, -0.2) is 0 Å². The van der Waals surface area contributed by atoms with Gasteiger partial charge in [0.2, 0.25) is 5.89 Å². The Kier molecular flexibility index (Phi) is 3.69. The number of nitrogens with one attached hydrogen (secondary N) is 1. The van der Waals surface area contributed by atoms with Gasteiger partial charge in [-0.15, -0.1) is 10.2 Å². The number of aromatic nitrogens is 2. The summed E-state index contributed by atoms with van der Waals surface area (Å²) in [5, 5.41) is 11.2. The quantitative estimate of drug-likeness (QED) is 0.876. The topological polar surface area (TPSA) is 60.2 Å². The molecule has 0 spiro atoms. The molecule has 0 atom stereocenters. The molecule has 106 valence electrons. The molecule has 1 aromatic carbocycles. The van der Waals surface area contributed by atoms with E-state index in [0.717, 1.165) is 12.3 Å². The summed E-state index contributed by atoms with van der Waals surface area (Å²) in [6, 6.07) is 6.89. The van der Waals surface area contributed by atoms with Crippen molar-refractivity contribution >= 4 is 0 Å². The Morgan fingerprint density at radius 3 is 2.85 bits per heavy atom. The molecule has 5 heteroatoms. The molecule has 0 saturated heterocycles. The summed E-state index contributed by atoms with van der Waals surface area (Å²) in [7, 11) is 0. The molecule has 0 unspecified atom stereocenters. The molecule has 0 aliphatic heterocycles. The van der Waals surface area contributed by atoms with Gasteiger partial charge in [-0.1, -0.05) is 17.7 Å². The lowest BCUT2D eigenvalue weighted by Gasteiger charge is -2.11. The van der Waals surface area contributed by atoms with Crippen LogP contribution in [0.4, 0.5) is 0 Å². The molecule has 0 bridgehead atoms. The van der Waals surface area contributed by atoms with Crippen LogP contribution in [-0.4, -0.2) is 16.2 Å². The average Bonchev–Trinajstić information content (AvgIpc) is 3.17. The number of rotatable bonds is 6. The molecule has 0 amide bonds. The maximum absolute atomic E-state index is 5.81. The minimum absolute atomic E-state index is 0.306. The molecule has 1 aliphatic carbocycles. The monoisotopic (exact) mass is 273 g/mol. The zero-order valence-electron chi connectivity index (χ0n) is 11.8. The Balaban J connectivity index is 1.66. The molecule has 0 radical (unpaired) electrons. The van der Waals surface area contributed by atoms with E-state index in [1.807, 2.05) is 6.07 Å². The van der Waals surface area contributed by atoms with Crippen LogP contribution in [0.25, 0.3) is 0 Å². The first-order valence-corrected chi connectivity index (χ1v) is 6.95. The van der Waals surface area contributed by atoms with Crippen LogP contribution in [0.15, 0.2) is 22.6 Å². The van der Waals surface area contributed by atoms with E-state index in [9.17, 15) is 0 Å². The largest absolute Gasteiger partial charge is 0.483 e. The van der Waals surface area contributed by atoms with Gasteiger partial charge in [0.25, 0.3) is 5.89 Å². The molecule has 1 aromatic heterocycles. The molecule has 1 aliphatic rings. The third kappa shape index (κ3) is 3.36. The van der Waals surface area contributed by atoms with Gasteiger partial charge < -0.3 is 14.5 Å². The van der Waals surface area contributed by atoms with E-state index in [1.165, 1.54) is 24.0 Å². The van der Waals surface area contributed by atoms with Crippen molar-refractivity contribution in [2.24, 2.45) is 0 Å². The standard InChI is InChI=1S/C15H19N3O2/c1-10-3-6-14(12(7-10)8-16-13-4-5-13)19-9-15-18-17-11(2)20-15/h3,6-7,13,16H,4-5,8-9H2,1-2H3. The van der Waals surface area contributed by atoms with E-state index in [4.69, 9.17) is 9.15 Å². The van der Waals surface area contributed by atoms with Crippen LogP contribution >= 0.6 is 0 Å². The van der Waals surface area contributed by atoms with Crippen molar-refractivity contribution in [1.82, 2.24) is 15.5 Å². The minimum Gasteiger partial charge on any atom is -0.483 e. The second-order valence-corrected chi connectivity index (χ2v) is 5.27. The second kappa shape index (κ2) is 5.63. The van der Waals surface area contributed by atoms with E-state index in [0.29, 0.717) is 24.4 Å². The number of hydrogen-bond acceptors (Lipinski definition) is 5. The van der Waals surface area contributed by atoms with E-state index in [1.54, 1.807) is 6.92 Å². The lowest BCUT2D eigenvalue weighted by molar-refractivity contribution is 0.257. The Bertz CT molecular complexity index is 591. The lowest BCUT2D eigenvalue weighted by Crippen LogP contribution is -2.16. The molecule has 3 rings (SSSR count). The molecule has 1 N–H and O–H groups in total. The van der Waals surface area contributed by atoms with Gasteiger partial charge in [0, 0.05) is 25.1 Å². The van der Waals surface area contributed by atoms with Crippen molar-refractivity contribution in [3.05, 3.63) is 41.1 Å². The summed E-state index contributed by atoms with van der Waals surface area (Å²) < 4.78 is 11.1. The molecule has 20 heavy (non-hydrogen) atoms. The highest BCUT2D eigenvalue weighted by atomic mass is 16.5. The predicted molar refractivity (Wildman–Crippen MR) is 74.4 cm³/mol. The minimum atomic E-state index is 0.306. The smallest absolute Gasteiger partial charge is 0.253 e. The van der Waals surface area contributed by atoms with E-state index < -0.39 is 0 Å². The van der Waals surface area contributed by atoms with Crippen LogP contribution in [0.5, 0.6) is 5.75 Å². The summed E-state index contributed by atoms with van der Waals surface area (Å²) in [6.45, 7) is 5.00. The Hall–Kier alpha value is -1.88. The average molecular weight is 273 g/mol. The zero-order valence-corrected chi connectivity index (χ0v) is 11.8. The van der Waals surface area contributed by atoms with E-state index in [-0.39, 0.29) is 0 Å². The third-order valence-electron chi connectivity index (χ3n) is 3.29. The van der Waals surface area contributed by atoms with E-state index in [2.05, 4.69) is 34.6 Å². The first-order valence-electron chi connectivity index (χ1n) is 6.95. The SMILES string of the molecule is Cc1ccc(OCc2nnc(C)o2)c(CNC2CC2)c1. The highest BCUT2D eigenvalue weighted by Crippen LogP contribution is 2.24. The van der Waals surface area contributed by atoms with Crippen LogP contribution in [0.2, 0.25) is 0 Å². The fourth-order valence-electron chi connectivity index (χ4n) is 2.06. The third-order valence-corrected chi connectivity index (χ3v) is 3.29. The molecule has 1 heterocycles. The summed E-state index contributed by atoms with van der Waals surface area (Å²) >= 11 is 0. The van der Waals surface area contributed by atoms with Crippen molar-refractivity contribution in [2.75, 3.05) is 0 Å². The van der Waals surface area contributed by atoms with E-state index >= 15 is 0 Å². The number of ether oxygens (including phenoxy) is 1. The van der Waals surface area contributed by atoms with Crippen LogP contribution in [0.1, 0.15) is 35.7 Å². The van der Waals surface area contributed by atoms with Gasteiger partial charge >= 0.3 is 0 Å². The van der Waals surface area contributed by atoms with Gasteiger partial charge in [0.05, 0.1) is 0 Å². The summed E-state index contributed by atoms with van der Waals surface area (Å²) in [6.07, 6.45) is 2.56. The zero-order chi connectivity index (χ0) is 13.9. The summed E-state index contributed by atoms with van der Waals surface area (Å²) in [5.41, 5.74) is 2.41. The molecular formula is C15H19N3O2. The van der Waals surface area contributed by atoms with Crippen LogP contribution in [0.3, 0.4) is 0 Å². The van der Waals surface area contributed by atoms with Crippen LogP contribution in [-0.2, 0) is 13.2 Å². The highest BCUT2D eigenvalue weighted by molar-refractivity contribution is 5.37. The first kappa shape index (κ1) is 13.1. The van der Waals surface area contributed by atoms with Gasteiger partial charge in [0.15, 0.2) is 6.61 Å². The number of benzene rings is 1. The van der Waals surface area contributed by atoms with Crippen molar-refractivity contribution in [3.63, 3.8) is 0 Å². The molecule has 1 fully saturated rings. The maximum atomic E-state index is 5.81. The number of aryl methyl sites for hydroxylation is 2. The molecule has 1 saturated carbocycles.